The fraction of sp³-hybridized carbons (Fsp3) is 0.351. The van der Waals surface area contributed by atoms with E-state index in [9.17, 15) is 9.59 Å². The number of aromatic nitrogens is 1. The highest BCUT2D eigenvalue weighted by molar-refractivity contribution is 5.96. The average Bonchev–Trinajstić information content (AvgIpc) is 3.46. The van der Waals surface area contributed by atoms with Gasteiger partial charge in [-0.1, -0.05) is 74.4 Å². The zero-order valence-electron chi connectivity index (χ0n) is 26.0. The van der Waals surface area contributed by atoms with Crippen molar-refractivity contribution in [2.45, 2.75) is 72.1 Å². The molecule has 43 heavy (non-hydrogen) atoms. The van der Waals surface area contributed by atoms with E-state index >= 15 is 0 Å². The molecule has 6 nitrogen and oxygen atoms in total. The van der Waals surface area contributed by atoms with Crippen molar-refractivity contribution in [3.8, 4) is 5.75 Å². The number of amides is 2. The second kappa shape index (κ2) is 15.8. The van der Waals surface area contributed by atoms with Gasteiger partial charge in [0.15, 0.2) is 0 Å². The number of hydrogen-bond acceptors (Lipinski definition) is 3. The van der Waals surface area contributed by atoms with Gasteiger partial charge in [0.1, 0.15) is 12.3 Å². The Bertz CT molecular complexity index is 1440. The minimum atomic E-state index is -0.129. The van der Waals surface area contributed by atoms with Gasteiger partial charge in [0, 0.05) is 36.6 Å². The third kappa shape index (κ3) is 9.08. The van der Waals surface area contributed by atoms with Crippen LogP contribution in [-0.2, 0) is 30.8 Å². The average molecular weight is 580 g/mol. The Kier molecular flexibility index (Phi) is 11.6. The van der Waals surface area contributed by atoms with Gasteiger partial charge in [-0.25, -0.2) is 0 Å². The molecule has 226 valence electrons. The van der Waals surface area contributed by atoms with Gasteiger partial charge in [-0.2, -0.15) is 0 Å². The first-order valence-corrected chi connectivity index (χ1v) is 15.4. The van der Waals surface area contributed by atoms with E-state index < -0.39 is 0 Å². The van der Waals surface area contributed by atoms with Gasteiger partial charge in [-0.05, 0) is 79.8 Å². The first kappa shape index (κ1) is 31.6. The van der Waals surface area contributed by atoms with Gasteiger partial charge in [0.05, 0.1) is 13.7 Å². The standard InChI is InChI=1S/C37H45N3O3/c1-5-6-8-13-30-19-21-33(22-20-30)37(42)40(29(2)3)28-36(41)39(25-31-14-9-7-10-15-31)27-34-17-12-23-38(34)26-32-16-11-18-35(24-32)43-4/h7,9-12,14-24,29H,5-6,8,13,25-28H2,1-4H3. The summed E-state index contributed by atoms with van der Waals surface area (Å²) < 4.78 is 7.57. The van der Waals surface area contributed by atoms with E-state index in [1.54, 1.807) is 12.0 Å². The van der Waals surface area contributed by atoms with Crippen molar-refractivity contribution in [1.82, 2.24) is 14.4 Å². The van der Waals surface area contributed by atoms with Crippen LogP contribution < -0.4 is 4.74 Å². The molecule has 0 spiro atoms. The van der Waals surface area contributed by atoms with Gasteiger partial charge in [-0.15, -0.1) is 0 Å². The molecule has 2 amide bonds. The number of unbranched alkanes of at least 4 members (excludes halogenated alkanes) is 2. The van der Waals surface area contributed by atoms with Crippen LogP contribution in [0.1, 0.15) is 72.8 Å². The Balaban J connectivity index is 1.52. The number of rotatable bonds is 15. The third-order valence-corrected chi connectivity index (χ3v) is 7.79. The molecule has 0 unspecified atom stereocenters. The molecule has 1 aromatic heterocycles. The summed E-state index contributed by atoms with van der Waals surface area (Å²) in [6.45, 7) is 7.69. The van der Waals surface area contributed by atoms with Gasteiger partial charge in [0.25, 0.3) is 5.91 Å². The molecule has 0 aliphatic heterocycles. The van der Waals surface area contributed by atoms with Crippen molar-refractivity contribution in [1.29, 1.82) is 0 Å². The molecular weight excluding hydrogens is 534 g/mol. The quantitative estimate of drug-likeness (QED) is 0.138. The molecule has 1 heterocycles. The highest BCUT2D eigenvalue weighted by atomic mass is 16.5. The summed E-state index contributed by atoms with van der Waals surface area (Å²) in [6.07, 6.45) is 6.59. The van der Waals surface area contributed by atoms with Crippen LogP contribution >= 0.6 is 0 Å². The SMILES string of the molecule is CCCCCc1ccc(C(=O)N(CC(=O)N(Cc2ccccc2)Cc2cccn2Cc2cccc(OC)c2)C(C)C)cc1. The number of hydrogen-bond donors (Lipinski definition) is 0. The van der Waals surface area contributed by atoms with Crippen LogP contribution in [0.2, 0.25) is 0 Å². The van der Waals surface area contributed by atoms with E-state index in [1.165, 1.54) is 18.4 Å². The van der Waals surface area contributed by atoms with Crippen LogP contribution in [0.5, 0.6) is 5.75 Å². The number of carbonyl (C=O) groups is 2. The highest BCUT2D eigenvalue weighted by Crippen LogP contribution is 2.18. The van der Waals surface area contributed by atoms with Crippen LogP contribution in [0.15, 0.2) is 97.2 Å². The molecule has 0 atom stereocenters. The Morgan fingerprint density at radius 2 is 1.56 bits per heavy atom. The van der Waals surface area contributed by atoms with Crippen LogP contribution in [-0.4, -0.2) is 45.9 Å². The molecule has 0 N–H and O–H groups in total. The van der Waals surface area contributed by atoms with Crippen molar-refractivity contribution in [2.75, 3.05) is 13.7 Å². The maximum Gasteiger partial charge on any atom is 0.254 e. The smallest absolute Gasteiger partial charge is 0.254 e. The van der Waals surface area contributed by atoms with Gasteiger partial charge < -0.3 is 19.1 Å². The lowest BCUT2D eigenvalue weighted by molar-refractivity contribution is -0.133. The van der Waals surface area contributed by atoms with Crippen molar-refractivity contribution in [2.24, 2.45) is 0 Å². The minimum absolute atomic E-state index is 0.0121. The second-order valence-corrected chi connectivity index (χ2v) is 11.4. The summed E-state index contributed by atoms with van der Waals surface area (Å²) in [5.41, 5.74) is 5.03. The first-order valence-electron chi connectivity index (χ1n) is 15.4. The summed E-state index contributed by atoms with van der Waals surface area (Å²) in [6, 6.07) is 29.9. The number of methoxy groups -OCH3 is 1. The molecule has 0 bridgehead atoms. The topological polar surface area (TPSA) is 54.8 Å². The number of nitrogens with zero attached hydrogens (tertiary/aromatic N) is 3. The lowest BCUT2D eigenvalue weighted by atomic mass is 10.0. The molecule has 0 radical (unpaired) electrons. The largest absolute Gasteiger partial charge is 0.497 e. The molecule has 6 heteroatoms. The molecule has 3 aromatic carbocycles. The van der Waals surface area contributed by atoms with Crippen LogP contribution in [0, 0.1) is 0 Å². The zero-order valence-corrected chi connectivity index (χ0v) is 26.0. The summed E-state index contributed by atoms with van der Waals surface area (Å²) in [5.74, 6) is 0.609. The Morgan fingerprint density at radius 1 is 0.814 bits per heavy atom. The molecule has 0 saturated carbocycles. The van der Waals surface area contributed by atoms with Gasteiger partial charge >= 0.3 is 0 Å². The van der Waals surface area contributed by atoms with Crippen molar-refractivity contribution in [3.63, 3.8) is 0 Å². The monoisotopic (exact) mass is 579 g/mol. The Hall–Kier alpha value is -4.32. The van der Waals surface area contributed by atoms with E-state index in [-0.39, 0.29) is 24.4 Å². The lowest BCUT2D eigenvalue weighted by Gasteiger charge is -2.30. The first-order chi connectivity index (χ1) is 20.9. The maximum absolute atomic E-state index is 14.0. The molecule has 0 aliphatic carbocycles. The maximum atomic E-state index is 14.0. The summed E-state index contributed by atoms with van der Waals surface area (Å²) in [5, 5.41) is 0. The molecule has 4 rings (SSSR count). The summed E-state index contributed by atoms with van der Waals surface area (Å²) in [7, 11) is 1.67. The van der Waals surface area contributed by atoms with E-state index in [4.69, 9.17) is 4.74 Å². The Labute approximate surface area is 256 Å². The summed E-state index contributed by atoms with van der Waals surface area (Å²) >= 11 is 0. The highest BCUT2D eigenvalue weighted by Gasteiger charge is 2.25. The minimum Gasteiger partial charge on any atom is -0.497 e. The molecular formula is C37H45N3O3. The van der Waals surface area contributed by atoms with E-state index in [2.05, 4.69) is 23.6 Å². The van der Waals surface area contributed by atoms with Crippen LogP contribution in [0.3, 0.4) is 0 Å². The van der Waals surface area contributed by atoms with Crippen LogP contribution in [0.25, 0.3) is 0 Å². The van der Waals surface area contributed by atoms with Crippen molar-refractivity contribution >= 4 is 11.8 Å². The number of aryl methyl sites for hydroxylation is 1. The van der Waals surface area contributed by atoms with Gasteiger partial charge in [-0.3, -0.25) is 9.59 Å². The fourth-order valence-corrected chi connectivity index (χ4v) is 5.24. The predicted molar refractivity (Wildman–Crippen MR) is 173 cm³/mol. The summed E-state index contributed by atoms with van der Waals surface area (Å²) in [4.78, 5) is 31.2. The third-order valence-electron chi connectivity index (χ3n) is 7.79. The van der Waals surface area contributed by atoms with E-state index in [0.717, 1.165) is 35.4 Å². The van der Waals surface area contributed by atoms with Crippen molar-refractivity contribution < 1.29 is 14.3 Å². The molecule has 4 aromatic rings. The number of benzene rings is 3. The predicted octanol–water partition coefficient (Wildman–Crippen LogP) is 7.36. The molecule has 0 fully saturated rings. The number of carbonyl (C=O) groups excluding carboxylic acids is 2. The molecule has 0 aliphatic rings. The second-order valence-electron chi connectivity index (χ2n) is 11.4. The van der Waals surface area contributed by atoms with E-state index in [0.29, 0.717) is 25.2 Å². The number of ether oxygens (including phenoxy) is 1. The zero-order chi connectivity index (χ0) is 30.6. The van der Waals surface area contributed by atoms with E-state index in [1.807, 2.05) is 104 Å². The Morgan fingerprint density at radius 3 is 2.26 bits per heavy atom. The van der Waals surface area contributed by atoms with Crippen LogP contribution in [0.4, 0.5) is 0 Å². The van der Waals surface area contributed by atoms with Gasteiger partial charge in [0.2, 0.25) is 5.91 Å². The molecule has 0 saturated heterocycles. The lowest BCUT2D eigenvalue weighted by Crippen LogP contribution is -2.45. The van der Waals surface area contributed by atoms with Crippen molar-refractivity contribution in [3.05, 3.63) is 125 Å². The fourth-order valence-electron chi connectivity index (χ4n) is 5.24. The normalized spacial score (nSPS) is 11.0.